The zero-order chi connectivity index (χ0) is 30.8. The number of benzene rings is 1. The molecule has 1 aliphatic rings. The molecule has 0 saturated heterocycles. The first-order valence-electron chi connectivity index (χ1n) is 13.9. The second-order valence-electron chi connectivity index (χ2n) is 10.4. The lowest BCUT2D eigenvalue weighted by Crippen LogP contribution is -2.27. The molecule has 6 rings (SSSR count). The van der Waals surface area contributed by atoms with Gasteiger partial charge in [-0.3, -0.25) is 14.2 Å². The van der Waals surface area contributed by atoms with Crippen LogP contribution in [0.4, 0.5) is 17.2 Å². The van der Waals surface area contributed by atoms with Crippen molar-refractivity contribution >= 4 is 34.7 Å². The van der Waals surface area contributed by atoms with E-state index in [9.17, 15) is 14.4 Å². The van der Waals surface area contributed by atoms with Gasteiger partial charge >= 0.3 is 5.97 Å². The number of imidazole rings is 1. The van der Waals surface area contributed by atoms with Gasteiger partial charge in [-0.1, -0.05) is 12.1 Å². The highest BCUT2D eigenvalue weighted by atomic mass is 16.5. The van der Waals surface area contributed by atoms with E-state index in [1.54, 1.807) is 37.6 Å². The van der Waals surface area contributed by atoms with Crippen molar-refractivity contribution < 1.29 is 19.1 Å². The van der Waals surface area contributed by atoms with E-state index in [1.807, 2.05) is 36.2 Å². The number of hydrogen-bond donors (Lipinski definition) is 2. The Labute approximate surface area is 252 Å². The molecule has 224 valence electrons. The molecule has 13 heteroatoms. The number of nitrogens with one attached hydrogen (secondary N) is 2. The van der Waals surface area contributed by atoms with Gasteiger partial charge in [0.15, 0.2) is 17.2 Å². The number of anilines is 3. The van der Waals surface area contributed by atoms with E-state index in [2.05, 4.69) is 25.7 Å². The van der Waals surface area contributed by atoms with E-state index in [4.69, 9.17) is 9.47 Å². The van der Waals surface area contributed by atoms with Crippen LogP contribution in [0.15, 0.2) is 78.0 Å². The summed E-state index contributed by atoms with van der Waals surface area (Å²) in [6, 6.07) is 16.1. The Balaban J connectivity index is 1.36. The maximum absolute atomic E-state index is 13.5. The summed E-state index contributed by atoms with van der Waals surface area (Å²) in [6.45, 7) is 0.533. The van der Waals surface area contributed by atoms with Crippen LogP contribution in [0.5, 0.6) is 5.75 Å². The maximum Gasteiger partial charge on any atom is 0.339 e. The van der Waals surface area contributed by atoms with Gasteiger partial charge in [0, 0.05) is 38.1 Å². The summed E-state index contributed by atoms with van der Waals surface area (Å²) in [5.74, 6) is 0.624. The fourth-order valence-corrected chi connectivity index (χ4v) is 4.70. The van der Waals surface area contributed by atoms with Gasteiger partial charge in [0.25, 0.3) is 11.5 Å². The van der Waals surface area contributed by atoms with E-state index in [0.29, 0.717) is 29.5 Å². The molecule has 0 aliphatic heterocycles. The molecule has 1 aromatic carbocycles. The van der Waals surface area contributed by atoms with Crippen LogP contribution in [-0.2, 0) is 11.3 Å². The number of pyridine rings is 2. The van der Waals surface area contributed by atoms with Gasteiger partial charge in [0.05, 0.1) is 31.7 Å². The third-order valence-corrected chi connectivity index (χ3v) is 7.21. The van der Waals surface area contributed by atoms with E-state index >= 15 is 0 Å². The first kappa shape index (κ1) is 28.4. The number of aromatic nitrogens is 5. The monoisotopic (exact) mass is 594 g/mol. The Bertz CT molecular complexity index is 1900. The number of fused-ring (bicyclic) bond motifs is 1. The van der Waals surface area contributed by atoms with Gasteiger partial charge in [-0.05, 0) is 54.8 Å². The molecule has 0 radical (unpaired) electrons. The molecule has 13 nitrogen and oxygen atoms in total. The van der Waals surface area contributed by atoms with Gasteiger partial charge < -0.3 is 25.0 Å². The van der Waals surface area contributed by atoms with E-state index in [-0.39, 0.29) is 28.9 Å². The number of rotatable bonds is 10. The van der Waals surface area contributed by atoms with Crippen LogP contribution in [0.1, 0.15) is 39.3 Å². The highest BCUT2D eigenvalue weighted by Crippen LogP contribution is 2.27. The zero-order valence-corrected chi connectivity index (χ0v) is 24.4. The Morgan fingerprint density at radius 2 is 1.84 bits per heavy atom. The summed E-state index contributed by atoms with van der Waals surface area (Å²) >= 11 is 0. The molecule has 4 aromatic heterocycles. The molecule has 1 fully saturated rings. The predicted molar refractivity (Wildman–Crippen MR) is 163 cm³/mol. The molecule has 5 aromatic rings. The van der Waals surface area contributed by atoms with Gasteiger partial charge in [0.1, 0.15) is 17.3 Å². The van der Waals surface area contributed by atoms with Crippen molar-refractivity contribution in [2.45, 2.75) is 25.4 Å². The third kappa shape index (κ3) is 5.79. The number of methoxy groups -OCH3 is 2. The van der Waals surface area contributed by atoms with E-state index in [1.165, 1.54) is 34.7 Å². The standard InChI is InChI=1S/C31H30N8O5/c1-37(18-19-6-11-22(43-2)12-7-19)24-15-26(36-39-25(17-33-28(24)39)29(40)34-21-9-10-21)35-23-5-4-14-38(30(23)41)27-13-8-20(16-32-27)31(42)44-3/h4-8,11-17,21H,9-10,18H2,1-3H3,(H,34,40)(H,35,36). The third-order valence-electron chi connectivity index (χ3n) is 7.21. The molecule has 2 N–H and O–H groups in total. The molecule has 0 unspecified atom stereocenters. The molecule has 44 heavy (non-hydrogen) atoms. The van der Waals surface area contributed by atoms with Crippen molar-refractivity contribution in [3.05, 3.63) is 100 Å². The van der Waals surface area contributed by atoms with Crippen molar-refractivity contribution in [3.63, 3.8) is 0 Å². The van der Waals surface area contributed by atoms with Crippen LogP contribution in [-0.4, -0.2) is 63.3 Å². The highest BCUT2D eigenvalue weighted by Gasteiger charge is 2.26. The fraction of sp³-hybridized carbons (Fsp3) is 0.226. The lowest BCUT2D eigenvalue weighted by molar-refractivity contribution is 0.0600. The minimum atomic E-state index is -0.522. The number of carbonyl (C=O) groups is 2. The Morgan fingerprint density at radius 3 is 2.52 bits per heavy atom. The van der Waals surface area contributed by atoms with Crippen molar-refractivity contribution in [1.82, 2.24) is 29.5 Å². The SMILES string of the molecule is COC(=O)c1ccc(-n2cccc(Nc3cc(N(C)Cc4ccc(OC)cc4)c4ncc(C(=O)NC5CC5)n4n3)c2=O)nc1. The van der Waals surface area contributed by atoms with Crippen LogP contribution < -0.4 is 25.8 Å². The summed E-state index contributed by atoms with van der Waals surface area (Å²) in [5, 5.41) is 10.8. The summed E-state index contributed by atoms with van der Waals surface area (Å²) in [6.07, 6.45) is 6.32. The molecule has 1 aliphatic carbocycles. The van der Waals surface area contributed by atoms with Crippen molar-refractivity contribution in [3.8, 4) is 11.6 Å². The Hall–Kier alpha value is -5.72. The Kier molecular flexibility index (Phi) is 7.67. The summed E-state index contributed by atoms with van der Waals surface area (Å²) in [7, 11) is 4.83. The molecule has 4 heterocycles. The van der Waals surface area contributed by atoms with Gasteiger partial charge in [-0.2, -0.15) is 0 Å². The summed E-state index contributed by atoms with van der Waals surface area (Å²) in [5.41, 5.74) is 2.61. The molecule has 0 atom stereocenters. The smallest absolute Gasteiger partial charge is 0.339 e. The lowest BCUT2D eigenvalue weighted by Gasteiger charge is -2.21. The van der Waals surface area contributed by atoms with Crippen LogP contribution in [0, 0.1) is 0 Å². The number of carbonyl (C=O) groups excluding carboxylic acids is 2. The fourth-order valence-electron chi connectivity index (χ4n) is 4.70. The van der Waals surface area contributed by atoms with E-state index < -0.39 is 11.5 Å². The molecule has 1 saturated carbocycles. The first-order chi connectivity index (χ1) is 21.3. The van der Waals surface area contributed by atoms with Crippen molar-refractivity contribution in [1.29, 1.82) is 0 Å². The number of nitrogens with zero attached hydrogens (tertiary/aromatic N) is 6. The first-order valence-corrected chi connectivity index (χ1v) is 13.9. The predicted octanol–water partition coefficient (Wildman–Crippen LogP) is 3.34. The maximum atomic E-state index is 13.5. The van der Waals surface area contributed by atoms with Crippen LogP contribution in [0.3, 0.4) is 0 Å². The highest BCUT2D eigenvalue weighted by molar-refractivity contribution is 5.94. The zero-order valence-electron chi connectivity index (χ0n) is 24.4. The largest absolute Gasteiger partial charge is 0.497 e. The Morgan fingerprint density at radius 1 is 1.05 bits per heavy atom. The molecular weight excluding hydrogens is 564 g/mol. The van der Waals surface area contributed by atoms with E-state index in [0.717, 1.165) is 24.2 Å². The summed E-state index contributed by atoms with van der Waals surface area (Å²) < 4.78 is 12.9. The molecule has 1 amide bonds. The summed E-state index contributed by atoms with van der Waals surface area (Å²) in [4.78, 5) is 49.2. The molecule has 0 spiro atoms. The van der Waals surface area contributed by atoms with Crippen molar-refractivity contribution in [2.75, 3.05) is 31.5 Å². The minimum Gasteiger partial charge on any atom is -0.497 e. The number of amides is 1. The average molecular weight is 595 g/mol. The number of esters is 1. The van der Waals surface area contributed by atoms with Gasteiger partial charge in [-0.25, -0.2) is 19.3 Å². The number of ether oxygens (including phenoxy) is 2. The lowest BCUT2D eigenvalue weighted by atomic mass is 10.2. The average Bonchev–Trinajstić information content (AvgIpc) is 3.76. The topological polar surface area (TPSA) is 145 Å². The number of hydrogen-bond acceptors (Lipinski definition) is 10. The van der Waals surface area contributed by atoms with Crippen molar-refractivity contribution in [2.24, 2.45) is 0 Å². The van der Waals surface area contributed by atoms with Crippen LogP contribution in [0.2, 0.25) is 0 Å². The second kappa shape index (κ2) is 11.9. The normalized spacial score (nSPS) is 12.5. The molecular formula is C31H30N8O5. The van der Waals surface area contributed by atoms with Crippen LogP contribution >= 0.6 is 0 Å². The second-order valence-corrected chi connectivity index (χ2v) is 10.4. The van der Waals surface area contributed by atoms with Gasteiger partial charge in [0.2, 0.25) is 0 Å². The van der Waals surface area contributed by atoms with Crippen LogP contribution in [0.25, 0.3) is 11.5 Å². The molecule has 0 bridgehead atoms. The quantitative estimate of drug-likeness (QED) is 0.231. The minimum absolute atomic E-state index is 0.157. The van der Waals surface area contributed by atoms with Gasteiger partial charge in [-0.15, -0.1) is 5.10 Å².